The highest BCUT2D eigenvalue weighted by atomic mass is 32.1. The molecule has 8 heteroatoms. The van der Waals surface area contributed by atoms with Gasteiger partial charge in [-0.2, -0.15) is 0 Å². The van der Waals surface area contributed by atoms with Crippen LogP contribution in [0.1, 0.15) is 44.9 Å². The number of nitrogens with zero attached hydrogens (tertiary/aromatic N) is 3. The van der Waals surface area contributed by atoms with Gasteiger partial charge in [-0.15, -0.1) is 0 Å². The van der Waals surface area contributed by atoms with Crippen molar-refractivity contribution in [1.29, 1.82) is 0 Å². The third kappa shape index (κ3) is 4.65. The molecular weight excluding hydrogens is 414 g/mol. The highest BCUT2D eigenvalue weighted by Crippen LogP contribution is 2.31. The Morgan fingerprint density at radius 2 is 1.97 bits per heavy atom. The Balaban J connectivity index is 2.01. The van der Waals surface area contributed by atoms with Crippen molar-refractivity contribution in [2.45, 2.75) is 46.1 Å². The molecule has 0 aliphatic heterocycles. The highest BCUT2D eigenvalue weighted by molar-refractivity contribution is 7.79. The standard InChI is InChI=1S/C22H27N5OS2/c1-5-15(6-2)25-21(28)20(27-29)16-10-14(12-24-17(16)7-3)13-8-9-18-19(11-13)30-22(23-4)26-18/h8-12,15,29H,5-7H2,1-4H3,(H,23,26)(H,25,28). The van der Waals surface area contributed by atoms with E-state index in [1.54, 1.807) is 11.3 Å². The zero-order chi connectivity index (χ0) is 21.7. The molecule has 30 heavy (non-hydrogen) atoms. The lowest BCUT2D eigenvalue weighted by Gasteiger charge is -2.17. The summed E-state index contributed by atoms with van der Waals surface area (Å²) in [5, 5.41) is 7.02. The van der Waals surface area contributed by atoms with Crippen LogP contribution in [-0.4, -0.2) is 34.7 Å². The van der Waals surface area contributed by atoms with Crippen LogP contribution in [0.4, 0.5) is 5.13 Å². The second-order valence-corrected chi connectivity index (χ2v) is 8.19. The topological polar surface area (TPSA) is 79.3 Å². The van der Waals surface area contributed by atoms with Crippen LogP contribution in [0.5, 0.6) is 0 Å². The summed E-state index contributed by atoms with van der Waals surface area (Å²) in [6, 6.07) is 8.22. The number of nitrogens with one attached hydrogen (secondary N) is 2. The zero-order valence-corrected chi connectivity index (χ0v) is 19.4. The van der Waals surface area contributed by atoms with Gasteiger partial charge in [-0.05, 0) is 55.8 Å². The third-order valence-corrected chi connectivity index (χ3v) is 6.37. The summed E-state index contributed by atoms with van der Waals surface area (Å²) in [6.45, 7) is 6.13. The van der Waals surface area contributed by atoms with Gasteiger partial charge in [-0.25, -0.2) is 9.38 Å². The van der Waals surface area contributed by atoms with Gasteiger partial charge in [0.05, 0.1) is 10.2 Å². The van der Waals surface area contributed by atoms with Crippen molar-refractivity contribution in [3.05, 3.63) is 41.7 Å². The van der Waals surface area contributed by atoms with Gasteiger partial charge in [0, 0.05) is 36.1 Å². The molecule has 0 spiro atoms. The number of anilines is 1. The summed E-state index contributed by atoms with van der Waals surface area (Å²) in [7, 11) is 1.86. The number of hydrogen-bond donors (Lipinski definition) is 3. The van der Waals surface area contributed by atoms with Crippen LogP contribution in [0.15, 0.2) is 34.9 Å². The molecule has 0 unspecified atom stereocenters. The van der Waals surface area contributed by atoms with E-state index in [4.69, 9.17) is 0 Å². The van der Waals surface area contributed by atoms with Crippen LogP contribution in [0.25, 0.3) is 21.3 Å². The maximum atomic E-state index is 12.9. The summed E-state index contributed by atoms with van der Waals surface area (Å²) in [5.41, 5.74) is 4.73. The number of amides is 1. The Labute approximate surface area is 186 Å². The third-order valence-electron chi connectivity index (χ3n) is 5.13. The summed E-state index contributed by atoms with van der Waals surface area (Å²) < 4.78 is 5.12. The van der Waals surface area contributed by atoms with E-state index in [0.29, 0.717) is 17.7 Å². The minimum absolute atomic E-state index is 0.110. The van der Waals surface area contributed by atoms with Crippen LogP contribution >= 0.6 is 24.2 Å². The molecular formula is C22H27N5OS2. The second-order valence-electron chi connectivity index (χ2n) is 6.96. The number of carbonyl (C=O) groups excluding carboxylic acids is 1. The van der Waals surface area contributed by atoms with Crippen molar-refractivity contribution in [3.63, 3.8) is 0 Å². The minimum atomic E-state index is -0.219. The lowest BCUT2D eigenvalue weighted by atomic mass is 9.99. The van der Waals surface area contributed by atoms with Crippen LogP contribution < -0.4 is 10.6 Å². The van der Waals surface area contributed by atoms with Gasteiger partial charge in [0.15, 0.2) is 5.13 Å². The molecule has 0 aliphatic rings. The molecule has 2 heterocycles. The summed E-state index contributed by atoms with van der Waals surface area (Å²) in [6.07, 6.45) is 4.27. The Bertz CT molecular complexity index is 1070. The number of thiol groups is 1. The number of carbonyl (C=O) groups is 1. The smallest absolute Gasteiger partial charge is 0.271 e. The van der Waals surface area contributed by atoms with E-state index in [2.05, 4.69) is 57.7 Å². The fraction of sp³-hybridized carbons (Fsp3) is 0.364. The molecule has 0 saturated carbocycles. The van der Waals surface area contributed by atoms with Crippen molar-refractivity contribution in [2.75, 3.05) is 12.4 Å². The van der Waals surface area contributed by atoms with Crippen molar-refractivity contribution in [3.8, 4) is 11.1 Å². The van der Waals surface area contributed by atoms with Gasteiger partial charge in [0.1, 0.15) is 5.71 Å². The van der Waals surface area contributed by atoms with E-state index in [0.717, 1.165) is 45.0 Å². The first kappa shape index (κ1) is 22.2. The molecule has 158 valence electrons. The first-order valence-corrected chi connectivity index (χ1v) is 11.4. The Hall–Kier alpha value is -2.45. The fourth-order valence-corrected chi connectivity index (χ4v) is 4.37. The number of thiazole rings is 1. The van der Waals surface area contributed by atoms with Crippen LogP contribution in [-0.2, 0) is 11.2 Å². The Kier molecular flexibility index (Phi) is 7.44. The second kappa shape index (κ2) is 10.0. The molecule has 3 aromatic rings. The molecule has 0 radical (unpaired) electrons. The van der Waals surface area contributed by atoms with E-state index in [-0.39, 0.29) is 11.9 Å². The van der Waals surface area contributed by atoms with Crippen molar-refractivity contribution in [1.82, 2.24) is 15.3 Å². The van der Waals surface area contributed by atoms with Gasteiger partial charge < -0.3 is 10.6 Å². The van der Waals surface area contributed by atoms with Gasteiger partial charge in [0.2, 0.25) is 0 Å². The lowest BCUT2D eigenvalue weighted by molar-refractivity contribution is -0.115. The first-order chi connectivity index (χ1) is 14.5. The molecule has 1 amide bonds. The predicted molar refractivity (Wildman–Crippen MR) is 130 cm³/mol. The molecule has 0 aliphatic carbocycles. The number of aromatic nitrogens is 2. The average Bonchev–Trinajstić information content (AvgIpc) is 3.20. The van der Waals surface area contributed by atoms with Crippen LogP contribution in [0.3, 0.4) is 0 Å². The van der Waals surface area contributed by atoms with Crippen molar-refractivity contribution in [2.24, 2.45) is 4.40 Å². The highest BCUT2D eigenvalue weighted by Gasteiger charge is 2.20. The maximum absolute atomic E-state index is 12.9. The Morgan fingerprint density at radius 1 is 1.20 bits per heavy atom. The van der Waals surface area contributed by atoms with E-state index in [9.17, 15) is 4.79 Å². The normalized spacial score (nSPS) is 11.9. The van der Waals surface area contributed by atoms with E-state index >= 15 is 0 Å². The fourth-order valence-electron chi connectivity index (χ4n) is 3.32. The average molecular weight is 442 g/mol. The number of aryl methyl sites for hydroxylation is 1. The molecule has 0 bridgehead atoms. The number of hydrogen-bond acceptors (Lipinski definition) is 7. The first-order valence-electron chi connectivity index (χ1n) is 10.1. The molecule has 0 saturated heterocycles. The van der Waals surface area contributed by atoms with Gasteiger partial charge in [-0.1, -0.05) is 38.2 Å². The Morgan fingerprint density at radius 3 is 2.60 bits per heavy atom. The molecule has 6 nitrogen and oxygen atoms in total. The summed E-state index contributed by atoms with van der Waals surface area (Å²) in [5.74, 6) is -0.219. The molecule has 0 atom stereocenters. The zero-order valence-electron chi connectivity index (χ0n) is 17.7. The van der Waals surface area contributed by atoms with Crippen LogP contribution in [0, 0.1) is 0 Å². The predicted octanol–water partition coefficient (Wildman–Crippen LogP) is 4.90. The van der Waals surface area contributed by atoms with Gasteiger partial charge in [-0.3, -0.25) is 9.78 Å². The number of pyridine rings is 1. The largest absolute Gasteiger partial charge is 0.365 e. The van der Waals surface area contributed by atoms with E-state index < -0.39 is 0 Å². The summed E-state index contributed by atoms with van der Waals surface area (Å²) >= 11 is 5.71. The minimum Gasteiger partial charge on any atom is -0.365 e. The van der Waals surface area contributed by atoms with Gasteiger partial charge >= 0.3 is 0 Å². The summed E-state index contributed by atoms with van der Waals surface area (Å²) in [4.78, 5) is 22.1. The number of benzene rings is 1. The van der Waals surface area contributed by atoms with Crippen LogP contribution in [0.2, 0.25) is 0 Å². The monoisotopic (exact) mass is 441 g/mol. The maximum Gasteiger partial charge on any atom is 0.271 e. The van der Waals surface area contributed by atoms with Crippen molar-refractivity contribution >= 4 is 51.1 Å². The number of rotatable bonds is 8. The molecule has 2 N–H and O–H groups in total. The van der Waals surface area contributed by atoms with Gasteiger partial charge in [0.25, 0.3) is 5.91 Å². The number of fused-ring (bicyclic) bond motifs is 1. The van der Waals surface area contributed by atoms with Crippen molar-refractivity contribution < 1.29 is 4.79 Å². The molecule has 1 aromatic carbocycles. The molecule has 3 rings (SSSR count). The molecule has 0 fully saturated rings. The van der Waals surface area contributed by atoms with E-state index in [1.807, 2.05) is 38.4 Å². The quantitative estimate of drug-likeness (QED) is 0.343. The molecule has 2 aromatic heterocycles. The SMILES string of the molecule is CCc1ncc(-c2ccc3nc(NC)sc3c2)cc1C(=NS)C(=O)NC(CC)CC. The van der Waals surface area contributed by atoms with E-state index in [1.165, 1.54) is 0 Å². The lowest BCUT2D eigenvalue weighted by Crippen LogP contribution is -2.39.